The molecule has 1 aromatic heterocycles. The number of hydrogen-bond acceptors (Lipinski definition) is 3. The van der Waals surface area contributed by atoms with Crippen LogP contribution in [0.2, 0.25) is 10.0 Å². The minimum Gasteiger partial charge on any atom is -0.330 e. The summed E-state index contributed by atoms with van der Waals surface area (Å²) in [5.41, 5.74) is 6.66. The smallest absolute Gasteiger partial charge is 0.279 e. The number of hydrazine groups is 1. The second-order valence-electron chi connectivity index (χ2n) is 4.09. The number of aryl methyl sites for hydroxylation is 1. The minimum absolute atomic E-state index is 0.224. The molecule has 0 unspecified atom stereocenters. The molecule has 0 saturated heterocycles. The fourth-order valence-electron chi connectivity index (χ4n) is 1.52. The third kappa shape index (κ3) is 4.31. The summed E-state index contributed by atoms with van der Waals surface area (Å²) in [5.74, 6) is -0.242. The van der Waals surface area contributed by atoms with Crippen molar-refractivity contribution >= 4 is 63.5 Å². The number of hydrogen-bond donors (Lipinski definition) is 3. The van der Waals surface area contributed by atoms with Crippen LogP contribution in [0.1, 0.15) is 15.2 Å². The van der Waals surface area contributed by atoms with Crippen molar-refractivity contribution in [2.45, 2.75) is 6.92 Å². The lowest BCUT2D eigenvalue weighted by atomic mass is 10.3. The topological polar surface area (TPSA) is 53.2 Å². The number of anilines is 1. The highest BCUT2D eigenvalue weighted by Crippen LogP contribution is 2.25. The summed E-state index contributed by atoms with van der Waals surface area (Å²) >= 11 is 18.3. The van der Waals surface area contributed by atoms with E-state index in [0.29, 0.717) is 20.6 Å². The summed E-state index contributed by atoms with van der Waals surface area (Å²) in [6, 6.07) is 6.86. The Hall–Kier alpha value is -1.34. The van der Waals surface area contributed by atoms with Gasteiger partial charge in [-0.1, -0.05) is 23.2 Å². The second kappa shape index (κ2) is 7.09. The van der Waals surface area contributed by atoms with Gasteiger partial charge < -0.3 is 5.32 Å². The normalized spacial score (nSPS) is 10.0. The highest BCUT2D eigenvalue weighted by Gasteiger charge is 2.10. The Morgan fingerprint density at radius 2 is 2.00 bits per heavy atom. The molecule has 3 N–H and O–H groups in total. The molecule has 0 radical (unpaired) electrons. The molecule has 8 heteroatoms. The van der Waals surface area contributed by atoms with E-state index in [-0.39, 0.29) is 11.0 Å². The van der Waals surface area contributed by atoms with Crippen molar-refractivity contribution in [2.24, 2.45) is 0 Å². The number of carbonyl (C=O) groups excluding carboxylic acids is 1. The Kier molecular flexibility index (Phi) is 5.41. The average molecular weight is 360 g/mol. The Balaban J connectivity index is 1.90. The van der Waals surface area contributed by atoms with Crippen LogP contribution < -0.4 is 16.2 Å². The maximum Gasteiger partial charge on any atom is 0.279 e. The predicted molar refractivity (Wildman–Crippen MR) is 92.3 cm³/mol. The van der Waals surface area contributed by atoms with Gasteiger partial charge in [0, 0.05) is 5.02 Å². The van der Waals surface area contributed by atoms with Gasteiger partial charge in [0.1, 0.15) is 0 Å². The number of carbonyl (C=O) groups is 1. The van der Waals surface area contributed by atoms with Gasteiger partial charge in [0.25, 0.3) is 5.91 Å². The van der Waals surface area contributed by atoms with Gasteiger partial charge in [-0.25, -0.2) is 0 Å². The molecule has 0 aliphatic carbocycles. The van der Waals surface area contributed by atoms with Crippen LogP contribution in [0.3, 0.4) is 0 Å². The molecule has 110 valence electrons. The van der Waals surface area contributed by atoms with Crippen molar-refractivity contribution < 1.29 is 4.79 Å². The fraction of sp³-hybridized carbons (Fsp3) is 0.0769. The van der Waals surface area contributed by atoms with E-state index in [1.807, 2.05) is 18.4 Å². The van der Waals surface area contributed by atoms with Crippen LogP contribution in [0.5, 0.6) is 0 Å². The largest absolute Gasteiger partial charge is 0.330 e. The molecule has 1 aromatic carbocycles. The maximum atomic E-state index is 11.9. The lowest BCUT2D eigenvalue weighted by Crippen LogP contribution is -2.43. The number of benzene rings is 1. The molecule has 1 amide bonds. The fourth-order valence-corrected chi connectivity index (χ4v) is 2.96. The molecule has 2 aromatic rings. The summed E-state index contributed by atoms with van der Waals surface area (Å²) in [5, 5.41) is 5.92. The molecule has 1 heterocycles. The lowest BCUT2D eigenvalue weighted by Gasteiger charge is -2.12. The minimum atomic E-state index is -0.242. The van der Waals surface area contributed by atoms with Gasteiger partial charge in [-0.3, -0.25) is 15.6 Å². The van der Waals surface area contributed by atoms with E-state index in [4.69, 9.17) is 35.4 Å². The second-order valence-corrected chi connectivity index (χ2v) is 6.26. The first-order valence-corrected chi connectivity index (χ1v) is 7.88. The quantitative estimate of drug-likeness (QED) is 0.560. The van der Waals surface area contributed by atoms with Gasteiger partial charge in [-0.2, -0.15) is 0 Å². The molecule has 0 aliphatic heterocycles. The van der Waals surface area contributed by atoms with Crippen molar-refractivity contribution in [1.29, 1.82) is 0 Å². The number of thiophene rings is 1. The van der Waals surface area contributed by atoms with Gasteiger partial charge in [-0.05, 0) is 54.4 Å². The van der Waals surface area contributed by atoms with E-state index < -0.39 is 0 Å². The highest BCUT2D eigenvalue weighted by molar-refractivity contribution is 7.80. The SMILES string of the molecule is Cc1ccsc1C(=O)NNC(=S)Nc1ccc(Cl)cc1Cl. The van der Waals surface area contributed by atoms with Crippen molar-refractivity contribution in [3.05, 3.63) is 50.1 Å². The molecule has 2 rings (SSSR count). The van der Waals surface area contributed by atoms with Crippen LogP contribution in [-0.2, 0) is 0 Å². The summed E-state index contributed by atoms with van der Waals surface area (Å²) < 4.78 is 0. The zero-order valence-corrected chi connectivity index (χ0v) is 14.0. The van der Waals surface area contributed by atoms with E-state index >= 15 is 0 Å². The molecule has 0 bridgehead atoms. The number of halogens is 2. The van der Waals surface area contributed by atoms with Gasteiger partial charge in [0.2, 0.25) is 0 Å². The third-order valence-electron chi connectivity index (χ3n) is 2.54. The van der Waals surface area contributed by atoms with Crippen LogP contribution in [0.25, 0.3) is 0 Å². The van der Waals surface area contributed by atoms with Crippen molar-refractivity contribution in [3.63, 3.8) is 0 Å². The van der Waals surface area contributed by atoms with Crippen molar-refractivity contribution in [1.82, 2.24) is 10.9 Å². The molecular weight excluding hydrogens is 349 g/mol. The summed E-state index contributed by atoms with van der Waals surface area (Å²) in [4.78, 5) is 12.5. The molecule has 0 fully saturated rings. The van der Waals surface area contributed by atoms with E-state index in [1.165, 1.54) is 11.3 Å². The Morgan fingerprint density at radius 1 is 1.24 bits per heavy atom. The standard InChI is InChI=1S/C13H11Cl2N3OS2/c1-7-4-5-21-11(7)12(19)17-18-13(20)16-10-3-2-8(14)6-9(10)15/h2-6H,1H3,(H,17,19)(H2,16,18,20). The highest BCUT2D eigenvalue weighted by atomic mass is 35.5. The van der Waals surface area contributed by atoms with E-state index in [0.717, 1.165) is 5.56 Å². The monoisotopic (exact) mass is 359 g/mol. The summed E-state index contributed by atoms with van der Waals surface area (Å²) in [6.45, 7) is 1.87. The molecule has 0 saturated carbocycles. The molecule has 0 atom stereocenters. The third-order valence-corrected chi connectivity index (χ3v) is 4.30. The van der Waals surface area contributed by atoms with Crippen molar-refractivity contribution in [2.75, 3.05) is 5.32 Å². The molecule has 21 heavy (non-hydrogen) atoms. The molecular formula is C13H11Cl2N3OS2. The Labute approximate surface area is 141 Å². The number of rotatable bonds is 2. The summed E-state index contributed by atoms with van der Waals surface area (Å²) in [7, 11) is 0. The van der Waals surface area contributed by atoms with E-state index in [9.17, 15) is 4.79 Å². The first kappa shape index (κ1) is 16.0. The van der Waals surface area contributed by atoms with Gasteiger partial charge in [0.05, 0.1) is 15.6 Å². The lowest BCUT2D eigenvalue weighted by molar-refractivity contribution is 0.0947. The zero-order valence-electron chi connectivity index (χ0n) is 10.9. The van der Waals surface area contributed by atoms with Crippen LogP contribution in [0.4, 0.5) is 5.69 Å². The Morgan fingerprint density at radius 3 is 2.62 bits per heavy atom. The molecule has 4 nitrogen and oxygen atoms in total. The van der Waals surface area contributed by atoms with Gasteiger partial charge in [0.15, 0.2) is 5.11 Å². The maximum absolute atomic E-state index is 11.9. The summed E-state index contributed by atoms with van der Waals surface area (Å²) in [6.07, 6.45) is 0. The predicted octanol–water partition coefficient (Wildman–Crippen LogP) is 3.99. The van der Waals surface area contributed by atoms with Gasteiger partial charge in [-0.15, -0.1) is 11.3 Å². The van der Waals surface area contributed by atoms with E-state index in [2.05, 4.69) is 16.2 Å². The first-order chi connectivity index (χ1) is 9.97. The average Bonchev–Trinajstić information content (AvgIpc) is 2.85. The van der Waals surface area contributed by atoms with Crippen molar-refractivity contribution in [3.8, 4) is 0 Å². The van der Waals surface area contributed by atoms with Crippen LogP contribution in [-0.4, -0.2) is 11.0 Å². The van der Waals surface area contributed by atoms with E-state index in [1.54, 1.807) is 18.2 Å². The molecule has 0 spiro atoms. The number of thiocarbonyl (C=S) groups is 1. The Bertz CT molecular complexity index is 688. The number of nitrogens with one attached hydrogen (secondary N) is 3. The van der Waals surface area contributed by atoms with Crippen LogP contribution in [0.15, 0.2) is 29.6 Å². The first-order valence-electron chi connectivity index (χ1n) is 5.84. The van der Waals surface area contributed by atoms with Gasteiger partial charge >= 0.3 is 0 Å². The molecule has 0 aliphatic rings. The van der Waals surface area contributed by atoms with Crippen LogP contribution >= 0.6 is 46.8 Å². The van der Waals surface area contributed by atoms with Crippen LogP contribution in [0, 0.1) is 6.92 Å². The zero-order chi connectivity index (χ0) is 15.4. The number of amides is 1.